The van der Waals surface area contributed by atoms with Gasteiger partial charge in [0.1, 0.15) is 11.5 Å². The topological polar surface area (TPSA) is 56.1 Å². The number of rotatable bonds is 6. The molecule has 6 nitrogen and oxygen atoms in total. The van der Waals surface area contributed by atoms with E-state index in [2.05, 4.69) is 11.8 Å². The summed E-state index contributed by atoms with van der Waals surface area (Å²) in [5.41, 5.74) is 2.67. The van der Waals surface area contributed by atoms with Crippen LogP contribution >= 0.6 is 11.3 Å². The normalized spacial score (nSPS) is 16.9. The quantitative estimate of drug-likeness (QED) is 0.601. The number of amides is 1. The number of thiazole rings is 1. The highest BCUT2D eigenvalue weighted by Gasteiger charge is 2.26. The van der Waals surface area contributed by atoms with Crippen LogP contribution in [0.15, 0.2) is 29.8 Å². The van der Waals surface area contributed by atoms with Gasteiger partial charge in [0.25, 0.3) is 0 Å². The maximum absolute atomic E-state index is 13.0. The third-order valence-corrected chi connectivity index (χ3v) is 6.61. The number of fused-ring (bicyclic) bond motifs is 1. The molecule has 29 heavy (non-hydrogen) atoms. The molecule has 1 atom stereocenters. The van der Waals surface area contributed by atoms with Gasteiger partial charge in [-0.3, -0.25) is 9.20 Å². The van der Waals surface area contributed by atoms with E-state index in [0.29, 0.717) is 12.5 Å². The fourth-order valence-corrected chi connectivity index (χ4v) is 4.98. The van der Waals surface area contributed by atoms with Crippen LogP contribution in [0.1, 0.15) is 38.3 Å². The molecular formula is C22H27N3O3S. The number of hydrogen-bond donors (Lipinski definition) is 0. The predicted molar refractivity (Wildman–Crippen MR) is 115 cm³/mol. The minimum Gasteiger partial charge on any atom is -0.497 e. The number of piperidine rings is 1. The third kappa shape index (κ3) is 3.83. The monoisotopic (exact) mass is 413 g/mol. The number of aromatic nitrogens is 2. The van der Waals surface area contributed by atoms with E-state index in [1.807, 2.05) is 34.2 Å². The largest absolute Gasteiger partial charge is 0.497 e. The first-order valence-electron chi connectivity index (χ1n) is 10.1. The average molecular weight is 414 g/mol. The van der Waals surface area contributed by atoms with E-state index in [-0.39, 0.29) is 5.91 Å². The van der Waals surface area contributed by atoms with Crippen LogP contribution in [0.3, 0.4) is 0 Å². The summed E-state index contributed by atoms with van der Waals surface area (Å²) in [6, 6.07) is 6.06. The van der Waals surface area contributed by atoms with Gasteiger partial charge in [0.2, 0.25) is 5.91 Å². The van der Waals surface area contributed by atoms with Crippen molar-refractivity contribution in [3.8, 4) is 22.8 Å². The summed E-state index contributed by atoms with van der Waals surface area (Å²) >= 11 is 1.56. The molecule has 1 aromatic carbocycles. The Morgan fingerprint density at radius 1 is 1.28 bits per heavy atom. The van der Waals surface area contributed by atoms with E-state index in [9.17, 15) is 4.79 Å². The molecule has 0 aliphatic carbocycles. The summed E-state index contributed by atoms with van der Waals surface area (Å²) < 4.78 is 12.9. The van der Waals surface area contributed by atoms with Crippen LogP contribution in [-0.4, -0.2) is 47.0 Å². The standard InChI is InChI=1S/C22H27N3O3S/c1-4-15-7-5-6-10-24(15)21(26)11-16-14-29-22-23-19(13-25(16)22)18-12-17(27-2)8-9-20(18)28-3/h8-9,12-15H,4-7,10-11H2,1-3H3. The molecule has 0 bridgehead atoms. The first-order valence-corrected chi connectivity index (χ1v) is 11.0. The van der Waals surface area contributed by atoms with Crippen LogP contribution < -0.4 is 9.47 Å². The molecule has 1 aliphatic rings. The van der Waals surface area contributed by atoms with E-state index in [1.54, 1.807) is 25.6 Å². The second-order valence-electron chi connectivity index (χ2n) is 7.39. The summed E-state index contributed by atoms with van der Waals surface area (Å²) in [7, 11) is 3.29. The second-order valence-corrected chi connectivity index (χ2v) is 8.23. The van der Waals surface area contributed by atoms with Crippen molar-refractivity contribution in [3.05, 3.63) is 35.5 Å². The van der Waals surface area contributed by atoms with E-state index < -0.39 is 0 Å². The zero-order valence-corrected chi connectivity index (χ0v) is 18.0. The summed E-state index contributed by atoms with van der Waals surface area (Å²) in [5.74, 6) is 1.71. The molecule has 0 saturated carbocycles. The van der Waals surface area contributed by atoms with Gasteiger partial charge in [-0.2, -0.15) is 0 Å². The number of carbonyl (C=O) groups is 1. The van der Waals surface area contributed by atoms with Gasteiger partial charge in [-0.15, -0.1) is 11.3 Å². The van der Waals surface area contributed by atoms with Crippen molar-refractivity contribution in [2.24, 2.45) is 0 Å². The van der Waals surface area contributed by atoms with Crippen molar-refractivity contribution < 1.29 is 14.3 Å². The Morgan fingerprint density at radius 2 is 2.14 bits per heavy atom. The van der Waals surface area contributed by atoms with Crippen LogP contribution in [0.4, 0.5) is 0 Å². The molecule has 3 aromatic rings. The van der Waals surface area contributed by atoms with Crippen molar-refractivity contribution in [1.29, 1.82) is 0 Å². The molecule has 1 unspecified atom stereocenters. The number of likely N-dealkylation sites (tertiary alicyclic amines) is 1. The minimum absolute atomic E-state index is 0.213. The lowest BCUT2D eigenvalue weighted by Gasteiger charge is -2.35. The van der Waals surface area contributed by atoms with Crippen molar-refractivity contribution >= 4 is 22.2 Å². The van der Waals surface area contributed by atoms with Crippen molar-refractivity contribution in [3.63, 3.8) is 0 Å². The average Bonchev–Trinajstić information content (AvgIpc) is 3.35. The van der Waals surface area contributed by atoms with Gasteiger partial charge < -0.3 is 14.4 Å². The highest BCUT2D eigenvalue weighted by Crippen LogP contribution is 2.34. The fraction of sp³-hybridized carbons (Fsp3) is 0.455. The molecule has 0 radical (unpaired) electrons. The Bertz CT molecular complexity index is 1010. The van der Waals surface area contributed by atoms with Crippen LogP contribution in [0.25, 0.3) is 16.2 Å². The lowest BCUT2D eigenvalue weighted by molar-refractivity contribution is -0.134. The second kappa shape index (κ2) is 8.45. The number of nitrogens with zero attached hydrogens (tertiary/aromatic N) is 3. The smallest absolute Gasteiger partial charge is 0.228 e. The third-order valence-electron chi connectivity index (χ3n) is 5.72. The summed E-state index contributed by atoms with van der Waals surface area (Å²) in [5, 5.41) is 2.04. The molecule has 1 aliphatic heterocycles. The molecule has 154 valence electrons. The lowest BCUT2D eigenvalue weighted by atomic mass is 9.99. The Morgan fingerprint density at radius 3 is 2.90 bits per heavy atom. The molecule has 0 spiro atoms. The molecule has 3 heterocycles. The molecule has 2 aromatic heterocycles. The summed E-state index contributed by atoms with van der Waals surface area (Å²) in [6.45, 7) is 3.05. The Hall–Kier alpha value is -2.54. The molecule has 0 N–H and O–H groups in total. The van der Waals surface area contributed by atoms with Crippen LogP contribution in [0.5, 0.6) is 11.5 Å². The van der Waals surface area contributed by atoms with Crippen LogP contribution in [-0.2, 0) is 11.2 Å². The van der Waals surface area contributed by atoms with E-state index in [1.165, 1.54) is 6.42 Å². The Kier molecular flexibility index (Phi) is 5.76. The summed E-state index contributed by atoms with van der Waals surface area (Å²) in [4.78, 5) is 20.7. The zero-order valence-electron chi connectivity index (χ0n) is 17.2. The van der Waals surface area contributed by atoms with Gasteiger partial charge in [0.05, 0.1) is 26.3 Å². The lowest BCUT2D eigenvalue weighted by Crippen LogP contribution is -2.44. The Balaban J connectivity index is 1.62. The van der Waals surface area contributed by atoms with Gasteiger partial charge in [0.15, 0.2) is 4.96 Å². The number of carbonyl (C=O) groups excluding carboxylic acids is 1. The van der Waals surface area contributed by atoms with Crippen molar-refractivity contribution in [1.82, 2.24) is 14.3 Å². The zero-order chi connectivity index (χ0) is 20.4. The molecule has 1 fully saturated rings. The molecule has 1 saturated heterocycles. The molecule has 4 rings (SSSR count). The number of benzene rings is 1. The van der Waals surface area contributed by atoms with Crippen LogP contribution in [0.2, 0.25) is 0 Å². The van der Waals surface area contributed by atoms with Gasteiger partial charge in [0, 0.05) is 35.4 Å². The van der Waals surface area contributed by atoms with E-state index in [4.69, 9.17) is 14.5 Å². The molecule has 1 amide bonds. The minimum atomic E-state index is 0.213. The molecule has 7 heteroatoms. The van der Waals surface area contributed by atoms with Gasteiger partial charge in [-0.1, -0.05) is 6.92 Å². The number of hydrogen-bond acceptors (Lipinski definition) is 5. The highest BCUT2D eigenvalue weighted by molar-refractivity contribution is 7.15. The number of methoxy groups -OCH3 is 2. The Labute approximate surface area is 175 Å². The first kappa shape index (κ1) is 19.8. The van der Waals surface area contributed by atoms with Crippen molar-refractivity contribution in [2.45, 2.75) is 45.1 Å². The van der Waals surface area contributed by atoms with Gasteiger partial charge >= 0.3 is 0 Å². The SMILES string of the molecule is CCC1CCCCN1C(=O)Cc1csc2nc(-c3cc(OC)ccc3OC)cn12. The van der Waals surface area contributed by atoms with Gasteiger partial charge in [-0.25, -0.2) is 4.98 Å². The van der Waals surface area contributed by atoms with Gasteiger partial charge in [-0.05, 0) is 43.9 Å². The number of imidazole rings is 1. The maximum atomic E-state index is 13.0. The number of ether oxygens (including phenoxy) is 2. The first-order chi connectivity index (χ1) is 14.1. The van der Waals surface area contributed by atoms with E-state index in [0.717, 1.165) is 59.2 Å². The fourth-order valence-electron chi connectivity index (χ4n) is 4.11. The molecular weight excluding hydrogens is 386 g/mol. The summed E-state index contributed by atoms with van der Waals surface area (Å²) in [6.07, 6.45) is 6.85. The highest BCUT2D eigenvalue weighted by atomic mass is 32.1. The maximum Gasteiger partial charge on any atom is 0.228 e. The van der Waals surface area contributed by atoms with E-state index >= 15 is 0 Å². The predicted octanol–water partition coefficient (Wildman–Crippen LogP) is 4.41. The van der Waals surface area contributed by atoms with Crippen molar-refractivity contribution in [2.75, 3.05) is 20.8 Å². The van der Waals surface area contributed by atoms with Crippen LogP contribution in [0, 0.1) is 0 Å².